The second kappa shape index (κ2) is 11.6. The Labute approximate surface area is 166 Å². The molecule has 2 rings (SSSR count). The number of non-ortho nitro benzene ring substituents is 1. The van der Waals surface area contributed by atoms with Crippen LogP contribution in [0.3, 0.4) is 0 Å². The van der Waals surface area contributed by atoms with E-state index in [1.165, 1.54) is 0 Å². The molecule has 0 radical (unpaired) electrons. The maximum absolute atomic E-state index is 10.7. The van der Waals surface area contributed by atoms with Gasteiger partial charge < -0.3 is 15.4 Å². The molecule has 0 amide bonds. The Morgan fingerprint density at radius 3 is 2.43 bits per heavy atom. The molecule has 0 saturated carbocycles. The molecule has 0 bridgehead atoms. The summed E-state index contributed by atoms with van der Waals surface area (Å²) in [5.41, 5.74) is 2.41. The Morgan fingerprint density at radius 2 is 1.75 bits per heavy atom. The molecule has 0 fully saturated rings. The first-order chi connectivity index (χ1) is 13.6. The van der Waals surface area contributed by atoms with Gasteiger partial charge in [0.1, 0.15) is 5.75 Å². The van der Waals surface area contributed by atoms with Crippen LogP contribution in [0.5, 0.6) is 5.75 Å². The van der Waals surface area contributed by atoms with Crippen molar-refractivity contribution in [3.8, 4) is 5.75 Å². The van der Waals surface area contributed by atoms with Gasteiger partial charge in [0.15, 0.2) is 5.96 Å². The molecule has 7 nitrogen and oxygen atoms in total. The van der Waals surface area contributed by atoms with Gasteiger partial charge in [0, 0.05) is 32.3 Å². The van der Waals surface area contributed by atoms with Gasteiger partial charge >= 0.3 is 0 Å². The molecule has 7 heteroatoms. The molecule has 28 heavy (non-hydrogen) atoms. The fourth-order valence-electron chi connectivity index (χ4n) is 2.89. The summed E-state index contributed by atoms with van der Waals surface area (Å²) in [5, 5.41) is 17.3. The lowest BCUT2D eigenvalue weighted by Crippen LogP contribution is -2.38. The van der Waals surface area contributed by atoms with Crippen LogP contribution in [0, 0.1) is 10.1 Å². The number of aryl methyl sites for hydroxylation is 1. The predicted molar refractivity (Wildman–Crippen MR) is 112 cm³/mol. The molecule has 0 spiro atoms. The number of nitrogens with one attached hydrogen (secondary N) is 2. The van der Waals surface area contributed by atoms with E-state index in [0.717, 1.165) is 61.6 Å². The fourth-order valence-corrected chi connectivity index (χ4v) is 2.89. The second-order valence-corrected chi connectivity index (χ2v) is 6.37. The maximum atomic E-state index is 10.7. The van der Waals surface area contributed by atoms with Gasteiger partial charge in [-0.3, -0.25) is 15.1 Å². The number of nitro benzene ring substituents is 1. The molecule has 0 heterocycles. The molecule has 0 saturated heterocycles. The minimum atomic E-state index is -0.375. The molecule has 150 valence electrons. The van der Waals surface area contributed by atoms with Gasteiger partial charge in [0.25, 0.3) is 5.69 Å². The number of guanidine groups is 1. The van der Waals surface area contributed by atoms with Gasteiger partial charge in [-0.2, -0.15) is 0 Å². The van der Waals surface area contributed by atoms with Crippen LogP contribution in [0.4, 0.5) is 5.69 Å². The number of aliphatic imine (C=N–C) groups is 1. The molecule has 0 unspecified atom stereocenters. The third-order valence-electron chi connectivity index (χ3n) is 4.43. The van der Waals surface area contributed by atoms with Crippen molar-refractivity contribution in [3.63, 3.8) is 0 Å². The van der Waals surface area contributed by atoms with Crippen LogP contribution in [0.2, 0.25) is 0 Å². The van der Waals surface area contributed by atoms with E-state index in [9.17, 15) is 10.1 Å². The molecule has 2 N–H and O–H groups in total. The summed E-state index contributed by atoms with van der Waals surface area (Å²) in [6.07, 6.45) is 3.75. The third kappa shape index (κ3) is 6.90. The topological polar surface area (TPSA) is 88.8 Å². The zero-order valence-electron chi connectivity index (χ0n) is 16.5. The van der Waals surface area contributed by atoms with Gasteiger partial charge in [-0.1, -0.05) is 30.3 Å². The van der Waals surface area contributed by atoms with Crippen LogP contribution in [0.15, 0.2) is 53.5 Å². The first-order valence-electron chi connectivity index (χ1n) is 9.43. The number of rotatable bonds is 10. The van der Waals surface area contributed by atoms with Gasteiger partial charge in [-0.05, 0) is 42.9 Å². The van der Waals surface area contributed by atoms with E-state index < -0.39 is 0 Å². The minimum absolute atomic E-state index is 0.133. The second-order valence-electron chi connectivity index (χ2n) is 6.37. The Kier molecular flexibility index (Phi) is 8.78. The van der Waals surface area contributed by atoms with Gasteiger partial charge in [-0.15, -0.1) is 0 Å². The van der Waals surface area contributed by atoms with Crippen molar-refractivity contribution >= 4 is 11.6 Å². The average Bonchev–Trinajstić information content (AvgIpc) is 2.72. The first kappa shape index (κ1) is 21.2. The highest BCUT2D eigenvalue weighted by Crippen LogP contribution is 2.17. The molecule has 0 aliphatic heterocycles. The summed E-state index contributed by atoms with van der Waals surface area (Å²) in [6.45, 7) is 1.59. The summed E-state index contributed by atoms with van der Waals surface area (Å²) in [5.74, 6) is 1.68. The number of nitro groups is 1. The quantitative estimate of drug-likeness (QED) is 0.216. The lowest BCUT2D eigenvalue weighted by Gasteiger charge is -2.13. The SMILES string of the molecule is CN=C(NCCCCc1ccc([N+](=O)[O-])cc1)NCCc1ccccc1OC. The van der Waals surface area contributed by atoms with Crippen molar-refractivity contribution in [2.24, 2.45) is 4.99 Å². The fraction of sp³-hybridized carbons (Fsp3) is 0.381. The van der Waals surface area contributed by atoms with Gasteiger partial charge in [0.05, 0.1) is 12.0 Å². The molecule has 0 atom stereocenters. The Bertz CT molecular complexity index is 775. The van der Waals surface area contributed by atoms with Crippen molar-refractivity contribution in [2.75, 3.05) is 27.2 Å². The zero-order chi connectivity index (χ0) is 20.2. The molecular formula is C21H28N4O3. The number of nitrogens with zero attached hydrogens (tertiary/aromatic N) is 2. The smallest absolute Gasteiger partial charge is 0.269 e. The lowest BCUT2D eigenvalue weighted by molar-refractivity contribution is -0.384. The lowest BCUT2D eigenvalue weighted by atomic mass is 10.1. The summed E-state index contributed by atoms with van der Waals surface area (Å²) >= 11 is 0. The average molecular weight is 384 g/mol. The van der Waals surface area contributed by atoms with Crippen LogP contribution >= 0.6 is 0 Å². The molecule has 2 aromatic carbocycles. The molecule has 0 aliphatic carbocycles. The summed E-state index contributed by atoms with van der Waals surface area (Å²) in [7, 11) is 3.44. The van der Waals surface area contributed by atoms with Crippen LogP contribution < -0.4 is 15.4 Å². The van der Waals surface area contributed by atoms with Crippen molar-refractivity contribution in [3.05, 3.63) is 69.8 Å². The normalized spacial score (nSPS) is 11.1. The van der Waals surface area contributed by atoms with Crippen LogP contribution in [0.25, 0.3) is 0 Å². The number of ether oxygens (including phenoxy) is 1. The van der Waals surface area contributed by atoms with Crippen molar-refractivity contribution in [1.82, 2.24) is 10.6 Å². The van der Waals surface area contributed by atoms with Gasteiger partial charge in [0.2, 0.25) is 0 Å². The van der Waals surface area contributed by atoms with E-state index in [1.54, 1.807) is 26.3 Å². The van der Waals surface area contributed by atoms with E-state index in [2.05, 4.69) is 21.7 Å². The molecule has 2 aromatic rings. The number of para-hydroxylation sites is 1. The number of unbranched alkanes of at least 4 members (excludes halogenated alkanes) is 1. The first-order valence-corrected chi connectivity index (χ1v) is 9.43. The predicted octanol–water partition coefficient (Wildman–Crippen LogP) is 3.33. The Hall–Kier alpha value is -3.09. The highest BCUT2D eigenvalue weighted by Gasteiger charge is 2.04. The molecular weight excluding hydrogens is 356 g/mol. The minimum Gasteiger partial charge on any atom is -0.496 e. The van der Waals surface area contributed by atoms with Crippen LogP contribution in [0.1, 0.15) is 24.0 Å². The van der Waals surface area contributed by atoms with E-state index in [4.69, 9.17) is 4.74 Å². The monoisotopic (exact) mass is 384 g/mol. The number of hydrogen-bond donors (Lipinski definition) is 2. The van der Waals surface area contributed by atoms with E-state index in [0.29, 0.717) is 0 Å². The van der Waals surface area contributed by atoms with E-state index in [-0.39, 0.29) is 10.6 Å². The van der Waals surface area contributed by atoms with Crippen LogP contribution in [-0.4, -0.2) is 38.1 Å². The van der Waals surface area contributed by atoms with Crippen LogP contribution in [-0.2, 0) is 12.8 Å². The summed E-state index contributed by atoms with van der Waals surface area (Å²) in [4.78, 5) is 14.5. The van der Waals surface area contributed by atoms with Crippen molar-refractivity contribution < 1.29 is 9.66 Å². The summed E-state index contributed by atoms with van der Waals surface area (Å²) < 4.78 is 5.37. The highest BCUT2D eigenvalue weighted by atomic mass is 16.6. The third-order valence-corrected chi connectivity index (χ3v) is 4.43. The van der Waals surface area contributed by atoms with Crippen molar-refractivity contribution in [2.45, 2.75) is 25.7 Å². The number of methoxy groups -OCH3 is 1. The standard InChI is InChI=1S/C21H28N4O3/c1-22-21(24-16-14-18-8-3-4-9-20(18)28-2)23-15-6-5-7-17-10-12-19(13-11-17)25(26)27/h3-4,8-13H,5-7,14-16H2,1-2H3,(H2,22,23,24). The van der Waals surface area contributed by atoms with Gasteiger partial charge in [-0.25, -0.2) is 0 Å². The zero-order valence-corrected chi connectivity index (χ0v) is 16.5. The summed E-state index contributed by atoms with van der Waals surface area (Å²) in [6, 6.07) is 14.8. The number of benzene rings is 2. The van der Waals surface area contributed by atoms with Crippen molar-refractivity contribution in [1.29, 1.82) is 0 Å². The van der Waals surface area contributed by atoms with E-state index >= 15 is 0 Å². The Balaban J connectivity index is 1.63. The maximum Gasteiger partial charge on any atom is 0.269 e. The molecule has 0 aromatic heterocycles. The Morgan fingerprint density at radius 1 is 1.04 bits per heavy atom. The molecule has 0 aliphatic rings. The largest absolute Gasteiger partial charge is 0.496 e. The van der Waals surface area contributed by atoms with E-state index in [1.807, 2.05) is 30.3 Å². The highest BCUT2D eigenvalue weighted by molar-refractivity contribution is 5.79. The number of hydrogen-bond acceptors (Lipinski definition) is 4.